The van der Waals surface area contributed by atoms with Crippen molar-refractivity contribution in [3.8, 4) is 5.88 Å². The molecule has 0 aliphatic carbocycles. The number of rotatable bonds is 5. The number of aromatic amines is 1. The molecule has 1 aromatic heterocycles. The number of carbonyl (C=O) groups excluding carboxylic acids is 1. The van der Waals surface area contributed by atoms with E-state index in [2.05, 4.69) is 11.6 Å². The Labute approximate surface area is 102 Å². The normalized spacial score (nSPS) is 10.2. The molecule has 0 spiro atoms. The lowest BCUT2D eigenvalue weighted by atomic mass is 10.1. The summed E-state index contributed by atoms with van der Waals surface area (Å²) in [5, 5.41) is 18.4. The maximum absolute atomic E-state index is 11.5. The standard InChI is InChI=1S/C10H12N2O4S/c1-2-3-12-9(16)7(4-6(14)5-13)8(15)11-10(12)17/h2,13,16H,1,3-5H2,(H,11,15,17). The van der Waals surface area contributed by atoms with E-state index in [1.165, 1.54) is 10.6 Å². The summed E-state index contributed by atoms with van der Waals surface area (Å²) in [5.74, 6) is -0.937. The van der Waals surface area contributed by atoms with Crippen molar-refractivity contribution in [1.82, 2.24) is 9.55 Å². The summed E-state index contributed by atoms with van der Waals surface area (Å²) in [6.07, 6.45) is 1.15. The zero-order chi connectivity index (χ0) is 13.0. The van der Waals surface area contributed by atoms with Gasteiger partial charge in [0, 0.05) is 13.0 Å². The fourth-order valence-corrected chi connectivity index (χ4v) is 1.57. The van der Waals surface area contributed by atoms with E-state index < -0.39 is 17.9 Å². The third-order valence-electron chi connectivity index (χ3n) is 2.13. The van der Waals surface area contributed by atoms with E-state index >= 15 is 0 Å². The molecule has 6 nitrogen and oxygen atoms in total. The number of nitrogens with zero attached hydrogens (tertiary/aromatic N) is 1. The fraction of sp³-hybridized carbons (Fsp3) is 0.300. The van der Waals surface area contributed by atoms with Crippen LogP contribution < -0.4 is 5.56 Å². The minimum atomic E-state index is -0.685. The number of hydrogen-bond donors (Lipinski definition) is 3. The Kier molecular flexibility index (Phi) is 4.36. The number of hydrogen-bond acceptors (Lipinski definition) is 5. The van der Waals surface area contributed by atoms with Crippen LogP contribution in [-0.4, -0.2) is 32.2 Å². The second-order valence-electron chi connectivity index (χ2n) is 3.33. The van der Waals surface area contributed by atoms with Crippen LogP contribution >= 0.6 is 12.2 Å². The van der Waals surface area contributed by atoms with Gasteiger partial charge in [-0.25, -0.2) is 0 Å². The maximum atomic E-state index is 11.5. The fourth-order valence-electron chi connectivity index (χ4n) is 1.31. The molecule has 0 fully saturated rings. The minimum absolute atomic E-state index is 0.0487. The lowest BCUT2D eigenvalue weighted by Gasteiger charge is -2.10. The third kappa shape index (κ3) is 2.89. The van der Waals surface area contributed by atoms with Crippen molar-refractivity contribution in [2.45, 2.75) is 13.0 Å². The number of aliphatic hydroxyl groups excluding tert-OH is 1. The second-order valence-corrected chi connectivity index (χ2v) is 3.72. The smallest absolute Gasteiger partial charge is 0.259 e. The van der Waals surface area contributed by atoms with E-state index in [4.69, 9.17) is 17.3 Å². The molecule has 0 atom stereocenters. The molecule has 92 valence electrons. The zero-order valence-corrected chi connectivity index (χ0v) is 9.79. The lowest BCUT2D eigenvalue weighted by molar-refractivity contribution is -0.121. The van der Waals surface area contributed by atoms with Crippen molar-refractivity contribution in [2.75, 3.05) is 6.61 Å². The van der Waals surface area contributed by atoms with E-state index in [1.807, 2.05) is 0 Å². The molecule has 1 aromatic rings. The van der Waals surface area contributed by atoms with Crippen LogP contribution in [-0.2, 0) is 17.8 Å². The third-order valence-corrected chi connectivity index (χ3v) is 2.45. The van der Waals surface area contributed by atoms with Gasteiger partial charge in [-0.15, -0.1) is 6.58 Å². The molecule has 0 saturated carbocycles. The summed E-state index contributed by atoms with van der Waals surface area (Å²) in [5.41, 5.74) is -0.742. The first-order valence-corrected chi connectivity index (χ1v) is 5.20. The van der Waals surface area contributed by atoms with Gasteiger partial charge >= 0.3 is 0 Å². The largest absolute Gasteiger partial charge is 0.494 e. The maximum Gasteiger partial charge on any atom is 0.259 e. The number of carbonyl (C=O) groups is 1. The van der Waals surface area contributed by atoms with Crippen molar-refractivity contribution >= 4 is 18.0 Å². The van der Waals surface area contributed by atoms with Gasteiger partial charge in [0.2, 0.25) is 5.88 Å². The highest BCUT2D eigenvalue weighted by Gasteiger charge is 2.14. The molecule has 0 radical (unpaired) electrons. The van der Waals surface area contributed by atoms with Crippen LogP contribution in [0.2, 0.25) is 0 Å². The SMILES string of the molecule is C=CCn1c(O)c(CC(=O)CO)c(=O)[nH]c1=S. The van der Waals surface area contributed by atoms with Crippen molar-refractivity contribution in [3.63, 3.8) is 0 Å². The van der Waals surface area contributed by atoms with Gasteiger partial charge in [-0.1, -0.05) is 6.08 Å². The second kappa shape index (κ2) is 5.55. The molecule has 1 rings (SSSR count). The number of aliphatic hydroxyl groups is 1. The van der Waals surface area contributed by atoms with E-state index in [9.17, 15) is 14.7 Å². The Morgan fingerprint density at radius 2 is 2.24 bits per heavy atom. The number of aromatic hydroxyl groups is 1. The van der Waals surface area contributed by atoms with Crippen molar-refractivity contribution < 1.29 is 15.0 Å². The first kappa shape index (κ1) is 13.3. The number of ketones is 1. The Balaban J connectivity index is 3.35. The predicted molar refractivity (Wildman–Crippen MR) is 63.5 cm³/mol. The molecular weight excluding hydrogens is 244 g/mol. The molecule has 1 heterocycles. The van der Waals surface area contributed by atoms with Gasteiger partial charge in [0.1, 0.15) is 6.61 Å². The number of nitrogens with one attached hydrogen (secondary N) is 1. The first-order valence-electron chi connectivity index (χ1n) is 4.79. The number of H-pyrrole nitrogens is 1. The molecule has 0 aromatic carbocycles. The predicted octanol–water partition coefficient (Wildman–Crippen LogP) is -0.0986. The Morgan fingerprint density at radius 1 is 1.59 bits per heavy atom. The number of aromatic nitrogens is 2. The van der Waals surface area contributed by atoms with Crippen LogP contribution in [0.15, 0.2) is 17.4 Å². The molecule has 3 N–H and O–H groups in total. The number of allylic oxidation sites excluding steroid dienone is 1. The van der Waals surface area contributed by atoms with Crippen LogP contribution in [0.1, 0.15) is 5.56 Å². The van der Waals surface area contributed by atoms with Gasteiger partial charge in [-0.3, -0.25) is 19.1 Å². The molecule has 0 unspecified atom stereocenters. The van der Waals surface area contributed by atoms with E-state index in [0.29, 0.717) is 0 Å². The molecule has 0 bridgehead atoms. The highest BCUT2D eigenvalue weighted by atomic mass is 32.1. The molecular formula is C10H12N2O4S. The zero-order valence-electron chi connectivity index (χ0n) is 8.97. The van der Waals surface area contributed by atoms with Gasteiger partial charge in [0.15, 0.2) is 10.6 Å². The van der Waals surface area contributed by atoms with Gasteiger partial charge in [-0.05, 0) is 12.2 Å². The average Bonchev–Trinajstić information content (AvgIpc) is 2.29. The molecule has 7 heteroatoms. The number of Topliss-reactive ketones (excluding diaryl/α,β-unsaturated/α-hetero) is 1. The van der Waals surface area contributed by atoms with E-state index in [-0.39, 0.29) is 29.2 Å². The highest BCUT2D eigenvalue weighted by molar-refractivity contribution is 7.71. The van der Waals surface area contributed by atoms with Crippen molar-refractivity contribution in [3.05, 3.63) is 33.3 Å². The Hall–Kier alpha value is -1.73. The summed E-state index contributed by atoms with van der Waals surface area (Å²) in [4.78, 5) is 24.9. The molecule has 0 saturated heterocycles. The quantitative estimate of drug-likeness (QED) is 0.505. The summed E-state index contributed by atoms with van der Waals surface area (Å²) in [7, 11) is 0. The van der Waals surface area contributed by atoms with Crippen LogP contribution in [0.5, 0.6) is 5.88 Å². The molecule has 0 aliphatic heterocycles. The summed E-state index contributed by atoms with van der Waals surface area (Å²) in [6.45, 7) is 3.02. The molecule has 0 amide bonds. The monoisotopic (exact) mass is 256 g/mol. The van der Waals surface area contributed by atoms with E-state index in [1.54, 1.807) is 0 Å². The molecule has 0 aliphatic rings. The Bertz CT molecular complexity index is 558. The summed E-state index contributed by atoms with van der Waals surface area (Å²) < 4.78 is 1.29. The average molecular weight is 256 g/mol. The van der Waals surface area contributed by atoms with Crippen molar-refractivity contribution in [1.29, 1.82) is 0 Å². The molecule has 17 heavy (non-hydrogen) atoms. The Morgan fingerprint density at radius 3 is 2.76 bits per heavy atom. The van der Waals surface area contributed by atoms with Crippen LogP contribution in [0.4, 0.5) is 0 Å². The van der Waals surface area contributed by atoms with Crippen LogP contribution in [0.3, 0.4) is 0 Å². The first-order chi connectivity index (χ1) is 8.01. The highest BCUT2D eigenvalue weighted by Crippen LogP contribution is 2.13. The van der Waals surface area contributed by atoms with E-state index in [0.717, 1.165) is 0 Å². The van der Waals surface area contributed by atoms with Gasteiger partial charge in [0.05, 0.1) is 5.56 Å². The van der Waals surface area contributed by atoms with Crippen molar-refractivity contribution in [2.24, 2.45) is 0 Å². The topological polar surface area (TPSA) is 95.3 Å². The summed E-state index contributed by atoms with van der Waals surface area (Å²) >= 11 is 4.86. The van der Waals surface area contributed by atoms with Gasteiger partial charge < -0.3 is 10.2 Å². The van der Waals surface area contributed by atoms with Gasteiger partial charge in [-0.2, -0.15) is 0 Å². The lowest BCUT2D eigenvalue weighted by Crippen LogP contribution is -2.22. The minimum Gasteiger partial charge on any atom is -0.494 e. The van der Waals surface area contributed by atoms with Crippen LogP contribution in [0, 0.1) is 4.77 Å². The van der Waals surface area contributed by atoms with Crippen LogP contribution in [0.25, 0.3) is 0 Å². The summed E-state index contributed by atoms with van der Waals surface area (Å²) in [6, 6.07) is 0. The van der Waals surface area contributed by atoms with Gasteiger partial charge in [0.25, 0.3) is 5.56 Å².